The topological polar surface area (TPSA) is 129 Å². The van der Waals surface area contributed by atoms with Crippen molar-refractivity contribution in [1.82, 2.24) is 14.8 Å². The molecule has 168 valence electrons. The molecule has 4 rings (SSSR count). The van der Waals surface area contributed by atoms with Gasteiger partial charge in [0.25, 0.3) is 5.69 Å². The van der Waals surface area contributed by atoms with Crippen LogP contribution in [0.1, 0.15) is 33.5 Å². The van der Waals surface area contributed by atoms with Crippen LogP contribution in [-0.4, -0.2) is 44.7 Å². The van der Waals surface area contributed by atoms with Crippen LogP contribution in [0.4, 0.5) is 5.69 Å². The molecule has 1 N–H and O–H groups in total. The number of aromatic amines is 1. The molecular weight excluding hydrogens is 428 g/mol. The first-order valence-corrected chi connectivity index (χ1v) is 10.1. The minimum atomic E-state index is -0.705. The normalized spacial score (nSPS) is 10.8. The monoisotopic (exact) mass is 448 g/mol. The third kappa shape index (κ3) is 4.31. The molecule has 33 heavy (non-hydrogen) atoms. The van der Waals surface area contributed by atoms with Gasteiger partial charge in [0, 0.05) is 34.3 Å². The Morgan fingerprint density at radius 1 is 1.15 bits per heavy atom. The number of esters is 1. The summed E-state index contributed by atoms with van der Waals surface area (Å²) in [5.74, 6) is -0.899. The van der Waals surface area contributed by atoms with E-state index in [1.165, 1.54) is 35.1 Å². The zero-order valence-corrected chi connectivity index (χ0v) is 17.9. The van der Waals surface area contributed by atoms with Crippen molar-refractivity contribution in [3.8, 4) is 11.4 Å². The summed E-state index contributed by atoms with van der Waals surface area (Å²) in [6, 6.07) is 13.1. The number of carbonyl (C=O) groups excluding carboxylic acids is 2. The van der Waals surface area contributed by atoms with Crippen LogP contribution in [0.3, 0.4) is 0 Å². The van der Waals surface area contributed by atoms with Crippen molar-refractivity contribution < 1.29 is 24.0 Å². The molecule has 10 nitrogen and oxygen atoms in total. The number of non-ortho nitro benzene ring substituents is 1. The van der Waals surface area contributed by atoms with Crippen molar-refractivity contribution >= 4 is 28.3 Å². The third-order valence-electron chi connectivity index (χ3n) is 5.01. The lowest BCUT2D eigenvalue weighted by Crippen LogP contribution is -2.14. The fourth-order valence-corrected chi connectivity index (χ4v) is 3.52. The number of aromatic nitrogens is 3. The highest BCUT2D eigenvalue weighted by Gasteiger charge is 2.23. The molecule has 0 saturated carbocycles. The predicted molar refractivity (Wildman–Crippen MR) is 119 cm³/mol. The Hall–Kier alpha value is -4.47. The third-order valence-corrected chi connectivity index (χ3v) is 5.01. The lowest BCUT2D eigenvalue weighted by atomic mass is 10.1. The Kier molecular flexibility index (Phi) is 5.90. The number of ether oxygens (including phenoxy) is 2. The number of hydrogen-bond donors (Lipinski definition) is 1. The summed E-state index contributed by atoms with van der Waals surface area (Å²) in [5.41, 5.74) is 2.38. The van der Waals surface area contributed by atoms with E-state index in [4.69, 9.17) is 9.47 Å². The summed E-state index contributed by atoms with van der Waals surface area (Å²) < 4.78 is 12.1. The minimum absolute atomic E-state index is 0.0673. The van der Waals surface area contributed by atoms with Crippen molar-refractivity contribution in [1.29, 1.82) is 0 Å². The molecule has 0 spiro atoms. The Bertz CT molecular complexity index is 1350. The number of ketones is 1. The largest absolute Gasteiger partial charge is 0.481 e. The highest BCUT2D eigenvalue weighted by Crippen LogP contribution is 2.25. The van der Waals surface area contributed by atoms with Crippen LogP contribution in [0, 0.1) is 17.0 Å². The number of carbonyl (C=O) groups is 2. The van der Waals surface area contributed by atoms with Crippen LogP contribution in [-0.2, 0) is 4.74 Å². The highest BCUT2D eigenvalue weighted by molar-refractivity contribution is 6.10. The lowest BCUT2D eigenvalue weighted by Gasteiger charge is -2.05. The summed E-state index contributed by atoms with van der Waals surface area (Å²) >= 11 is 0. The standard InChI is InChI=1S/C23H20N4O6/c1-3-32-23(29)22-20(12-26(25-22)15-8-10-16(11-9-15)27(30)31)33-13-19(28)21-14(2)24-18-7-5-4-6-17(18)21/h4-12,24H,3,13H2,1-2H3. The SMILES string of the molecule is CCOC(=O)c1nn(-c2ccc([N+](=O)[O-])cc2)cc1OCC(=O)c1c(C)[nH]c2ccccc12. The molecule has 0 bridgehead atoms. The van der Waals surface area contributed by atoms with Gasteiger partial charge in [0.05, 0.1) is 23.4 Å². The van der Waals surface area contributed by atoms with Gasteiger partial charge in [-0.1, -0.05) is 18.2 Å². The quantitative estimate of drug-likeness (QED) is 0.187. The van der Waals surface area contributed by atoms with E-state index < -0.39 is 10.9 Å². The molecule has 2 aromatic heterocycles. The van der Waals surface area contributed by atoms with Crippen molar-refractivity contribution in [2.75, 3.05) is 13.2 Å². The van der Waals surface area contributed by atoms with Gasteiger partial charge in [0.1, 0.15) is 0 Å². The van der Waals surface area contributed by atoms with E-state index in [0.29, 0.717) is 11.3 Å². The highest BCUT2D eigenvalue weighted by atomic mass is 16.6. The van der Waals surface area contributed by atoms with Gasteiger partial charge in [-0.05, 0) is 32.0 Å². The average Bonchev–Trinajstić information content (AvgIpc) is 3.38. The van der Waals surface area contributed by atoms with Gasteiger partial charge < -0.3 is 14.5 Å². The second-order valence-electron chi connectivity index (χ2n) is 7.16. The lowest BCUT2D eigenvalue weighted by molar-refractivity contribution is -0.384. The van der Waals surface area contributed by atoms with Crippen LogP contribution >= 0.6 is 0 Å². The summed E-state index contributed by atoms with van der Waals surface area (Å²) in [5, 5.41) is 15.9. The summed E-state index contributed by atoms with van der Waals surface area (Å²) in [4.78, 5) is 38.9. The molecule has 10 heteroatoms. The Labute approximate surface area is 187 Å². The first-order chi connectivity index (χ1) is 15.9. The molecule has 0 amide bonds. The van der Waals surface area contributed by atoms with Crippen LogP contribution in [0.5, 0.6) is 5.75 Å². The maximum atomic E-state index is 12.9. The van der Waals surface area contributed by atoms with E-state index >= 15 is 0 Å². The van der Waals surface area contributed by atoms with E-state index in [2.05, 4.69) is 10.1 Å². The minimum Gasteiger partial charge on any atom is -0.481 e. The summed E-state index contributed by atoms with van der Waals surface area (Å²) in [6.45, 7) is 3.29. The first kappa shape index (κ1) is 21.8. The maximum absolute atomic E-state index is 12.9. The zero-order chi connectivity index (χ0) is 23.5. The van der Waals surface area contributed by atoms with E-state index in [1.54, 1.807) is 6.92 Å². The molecule has 0 radical (unpaired) electrons. The van der Waals surface area contributed by atoms with Gasteiger partial charge in [0.2, 0.25) is 11.5 Å². The molecule has 0 fully saturated rings. The number of fused-ring (bicyclic) bond motifs is 1. The van der Waals surface area contributed by atoms with Crippen LogP contribution < -0.4 is 4.74 Å². The van der Waals surface area contributed by atoms with Gasteiger partial charge in [-0.15, -0.1) is 0 Å². The number of hydrogen-bond acceptors (Lipinski definition) is 7. The fraction of sp³-hybridized carbons (Fsp3) is 0.174. The van der Waals surface area contributed by atoms with Gasteiger partial charge in [-0.25, -0.2) is 9.48 Å². The Balaban J connectivity index is 1.61. The van der Waals surface area contributed by atoms with Gasteiger partial charge >= 0.3 is 5.97 Å². The molecule has 0 aliphatic rings. The van der Waals surface area contributed by atoms with E-state index in [1.807, 2.05) is 31.2 Å². The molecule has 0 aliphatic carbocycles. The van der Waals surface area contributed by atoms with Crippen molar-refractivity contribution in [3.63, 3.8) is 0 Å². The van der Waals surface area contributed by atoms with Gasteiger partial charge in [-0.3, -0.25) is 14.9 Å². The predicted octanol–water partition coefficient (Wildman–Crippen LogP) is 4.01. The summed E-state index contributed by atoms with van der Waals surface area (Å²) in [7, 11) is 0. The molecule has 0 saturated heterocycles. The van der Waals surface area contributed by atoms with Gasteiger partial charge in [-0.2, -0.15) is 5.10 Å². The molecular formula is C23H20N4O6. The zero-order valence-electron chi connectivity index (χ0n) is 17.9. The van der Waals surface area contributed by atoms with Gasteiger partial charge in [0.15, 0.2) is 12.4 Å². The number of aryl methyl sites for hydroxylation is 1. The molecule has 4 aromatic rings. The summed E-state index contributed by atoms with van der Waals surface area (Å²) in [6.07, 6.45) is 1.43. The molecule has 0 aliphatic heterocycles. The number of para-hydroxylation sites is 1. The van der Waals surface area contributed by atoms with Crippen molar-refractivity contribution in [2.45, 2.75) is 13.8 Å². The number of nitrogens with zero attached hydrogens (tertiary/aromatic N) is 3. The van der Waals surface area contributed by atoms with Crippen LogP contribution in [0.15, 0.2) is 54.7 Å². The number of nitrogens with one attached hydrogen (secondary N) is 1. The van der Waals surface area contributed by atoms with Crippen LogP contribution in [0.2, 0.25) is 0 Å². The van der Waals surface area contributed by atoms with E-state index in [9.17, 15) is 19.7 Å². The average molecular weight is 448 g/mol. The maximum Gasteiger partial charge on any atom is 0.362 e. The number of rotatable bonds is 8. The van der Waals surface area contributed by atoms with E-state index in [0.717, 1.165) is 16.6 Å². The molecule has 0 atom stereocenters. The smallest absolute Gasteiger partial charge is 0.362 e. The van der Waals surface area contributed by atoms with Crippen molar-refractivity contribution in [2.24, 2.45) is 0 Å². The number of nitro benzene ring substituents is 1. The van der Waals surface area contributed by atoms with E-state index in [-0.39, 0.29) is 36.1 Å². The second-order valence-corrected chi connectivity index (χ2v) is 7.16. The molecule has 0 unspecified atom stereocenters. The second kappa shape index (κ2) is 8.95. The van der Waals surface area contributed by atoms with Crippen molar-refractivity contribution in [3.05, 3.63) is 81.8 Å². The fourth-order valence-electron chi connectivity index (χ4n) is 3.52. The Morgan fingerprint density at radius 2 is 1.88 bits per heavy atom. The first-order valence-electron chi connectivity index (χ1n) is 10.1. The molecule has 2 heterocycles. The Morgan fingerprint density at radius 3 is 2.58 bits per heavy atom. The number of benzene rings is 2. The molecule has 2 aromatic carbocycles. The number of H-pyrrole nitrogens is 1. The number of nitro groups is 1. The number of Topliss-reactive ketones (excluding diaryl/α,β-unsaturated/α-hetero) is 1. The van der Waals surface area contributed by atoms with Crippen LogP contribution in [0.25, 0.3) is 16.6 Å².